The molecule has 5 saturated carbocycles. The summed E-state index contributed by atoms with van der Waals surface area (Å²) in [5.41, 5.74) is 0.361. The zero-order valence-corrected chi connectivity index (χ0v) is 13.0. The summed E-state index contributed by atoms with van der Waals surface area (Å²) >= 11 is 6.28. The van der Waals surface area contributed by atoms with E-state index in [4.69, 9.17) is 11.6 Å². The van der Waals surface area contributed by atoms with E-state index in [0.29, 0.717) is 17.9 Å². The molecule has 0 aromatic heterocycles. The van der Waals surface area contributed by atoms with Crippen molar-refractivity contribution >= 4 is 17.5 Å². The van der Waals surface area contributed by atoms with Crippen molar-refractivity contribution in [3.8, 4) is 0 Å². The Balaban J connectivity index is 1.32. The highest BCUT2D eigenvalue weighted by atomic mass is 35.5. The molecule has 0 saturated heterocycles. The SMILES string of the molecule is O=C(CC12CC3CC(CC(C3)C1)C2)NCC(Cl)C1CC1. The standard InChI is InChI=1S/C17H26ClNO/c18-15(14-1-2-14)10-19-16(20)9-17-6-11-3-12(7-17)5-13(4-11)8-17/h11-15H,1-10H2,(H,19,20). The summed E-state index contributed by atoms with van der Waals surface area (Å²) in [5, 5.41) is 3.27. The number of alkyl halides is 1. The van der Waals surface area contributed by atoms with Crippen molar-refractivity contribution in [1.82, 2.24) is 5.32 Å². The maximum absolute atomic E-state index is 12.3. The average molecular weight is 296 g/mol. The molecule has 1 unspecified atom stereocenters. The van der Waals surface area contributed by atoms with E-state index < -0.39 is 0 Å². The molecule has 0 heterocycles. The van der Waals surface area contributed by atoms with E-state index in [2.05, 4.69) is 5.32 Å². The predicted octanol–water partition coefficient (Wildman–Crippen LogP) is 3.73. The summed E-state index contributed by atoms with van der Waals surface area (Å²) in [7, 11) is 0. The zero-order chi connectivity index (χ0) is 13.7. The smallest absolute Gasteiger partial charge is 0.220 e. The van der Waals surface area contributed by atoms with E-state index >= 15 is 0 Å². The van der Waals surface area contributed by atoms with Gasteiger partial charge in [-0.15, -0.1) is 11.6 Å². The van der Waals surface area contributed by atoms with Gasteiger partial charge in [0.05, 0.1) is 5.38 Å². The molecule has 0 aromatic carbocycles. The first-order chi connectivity index (χ1) is 9.62. The minimum absolute atomic E-state index is 0.162. The molecule has 20 heavy (non-hydrogen) atoms. The van der Waals surface area contributed by atoms with Crippen LogP contribution in [0.2, 0.25) is 0 Å². The summed E-state index contributed by atoms with van der Waals surface area (Å²) in [6.45, 7) is 0.678. The van der Waals surface area contributed by atoms with E-state index in [1.54, 1.807) is 0 Å². The summed E-state index contributed by atoms with van der Waals surface area (Å²) in [5.74, 6) is 3.72. The first-order valence-electron chi connectivity index (χ1n) is 8.53. The molecule has 3 heteroatoms. The Morgan fingerprint density at radius 3 is 2.15 bits per heavy atom. The van der Waals surface area contributed by atoms with E-state index in [-0.39, 0.29) is 11.3 Å². The predicted molar refractivity (Wildman–Crippen MR) is 80.6 cm³/mol. The van der Waals surface area contributed by atoms with Gasteiger partial charge in [-0.3, -0.25) is 4.79 Å². The fourth-order valence-corrected chi connectivity index (χ4v) is 6.07. The Labute approximate surface area is 127 Å². The number of nitrogens with one attached hydrogen (secondary N) is 1. The fourth-order valence-electron chi connectivity index (χ4n) is 5.75. The van der Waals surface area contributed by atoms with Crippen LogP contribution >= 0.6 is 11.6 Å². The molecule has 1 amide bonds. The number of halogens is 1. The Bertz CT molecular complexity index is 369. The van der Waals surface area contributed by atoms with Gasteiger partial charge in [0, 0.05) is 13.0 Å². The van der Waals surface area contributed by atoms with Gasteiger partial charge in [0.15, 0.2) is 0 Å². The van der Waals surface area contributed by atoms with Gasteiger partial charge in [0.25, 0.3) is 0 Å². The van der Waals surface area contributed by atoms with E-state index in [1.807, 2.05) is 0 Å². The maximum Gasteiger partial charge on any atom is 0.220 e. The van der Waals surface area contributed by atoms with Crippen LogP contribution in [0.5, 0.6) is 0 Å². The quantitative estimate of drug-likeness (QED) is 0.770. The number of hydrogen-bond acceptors (Lipinski definition) is 1. The highest BCUT2D eigenvalue weighted by molar-refractivity contribution is 6.21. The number of rotatable bonds is 5. The monoisotopic (exact) mass is 295 g/mol. The molecule has 1 N–H and O–H groups in total. The summed E-state index contributed by atoms with van der Waals surface area (Å²) < 4.78 is 0. The van der Waals surface area contributed by atoms with Crippen molar-refractivity contribution in [2.24, 2.45) is 29.1 Å². The largest absolute Gasteiger partial charge is 0.355 e. The van der Waals surface area contributed by atoms with Crippen molar-refractivity contribution in [3.63, 3.8) is 0 Å². The van der Waals surface area contributed by atoms with Gasteiger partial charge in [0.1, 0.15) is 0 Å². The Hall–Kier alpha value is -0.240. The molecule has 0 spiro atoms. The highest BCUT2D eigenvalue weighted by Gasteiger charge is 2.51. The number of hydrogen-bond donors (Lipinski definition) is 1. The minimum atomic E-state index is 0.162. The Morgan fingerprint density at radius 1 is 1.10 bits per heavy atom. The second-order valence-electron chi connectivity index (χ2n) is 8.25. The lowest BCUT2D eigenvalue weighted by Crippen LogP contribution is -2.48. The minimum Gasteiger partial charge on any atom is -0.355 e. The van der Waals surface area contributed by atoms with Gasteiger partial charge < -0.3 is 5.32 Å². The lowest BCUT2D eigenvalue weighted by Gasteiger charge is -2.56. The van der Waals surface area contributed by atoms with Crippen molar-refractivity contribution in [2.75, 3.05) is 6.54 Å². The fraction of sp³-hybridized carbons (Fsp3) is 0.941. The molecule has 0 aromatic rings. The average Bonchev–Trinajstić information content (AvgIpc) is 3.17. The van der Waals surface area contributed by atoms with E-state index in [0.717, 1.165) is 24.2 Å². The molecular weight excluding hydrogens is 270 g/mol. The van der Waals surface area contributed by atoms with Crippen LogP contribution < -0.4 is 5.32 Å². The lowest BCUT2D eigenvalue weighted by molar-refractivity contribution is -0.129. The summed E-state index contributed by atoms with van der Waals surface area (Å²) in [4.78, 5) is 12.3. The zero-order valence-electron chi connectivity index (χ0n) is 12.2. The molecule has 1 atom stereocenters. The highest BCUT2D eigenvalue weighted by Crippen LogP contribution is 2.61. The molecule has 2 nitrogen and oxygen atoms in total. The van der Waals surface area contributed by atoms with Gasteiger partial charge >= 0.3 is 0 Å². The second-order valence-corrected chi connectivity index (χ2v) is 8.81. The third kappa shape index (κ3) is 2.61. The second kappa shape index (κ2) is 4.90. The number of carbonyl (C=O) groups is 1. The normalized spacial score (nSPS) is 43.5. The molecule has 112 valence electrons. The van der Waals surface area contributed by atoms with Crippen molar-refractivity contribution < 1.29 is 4.79 Å². The van der Waals surface area contributed by atoms with Gasteiger partial charge in [-0.05, 0) is 80.5 Å². The van der Waals surface area contributed by atoms with E-state index in [1.165, 1.54) is 51.4 Å². The van der Waals surface area contributed by atoms with Gasteiger partial charge in [-0.1, -0.05) is 0 Å². The van der Waals surface area contributed by atoms with Crippen LogP contribution in [0.1, 0.15) is 57.8 Å². The molecule has 0 aliphatic heterocycles. The van der Waals surface area contributed by atoms with Gasteiger partial charge in [-0.25, -0.2) is 0 Å². The van der Waals surface area contributed by atoms with Crippen molar-refractivity contribution in [3.05, 3.63) is 0 Å². The maximum atomic E-state index is 12.3. The topological polar surface area (TPSA) is 29.1 Å². The summed E-state index contributed by atoms with van der Waals surface area (Å²) in [6.07, 6.45) is 11.6. The molecule has 0 radical (unpaired) electrons. The third-order valence-electron chi connectivity index (χ3n) is 6.33. The molecular formula is C17H26ClNO. The van der Waals surface area contributed by atoms with Gasteiger partial charge in [-0.2, -0.15) is 0 Å². The lowest BCUT2D eigenvalue weighted by atomic mass is 9.49. The van der Waals surface area contributed by atoms with Gasteiger partial charge in [0.2, 0.25) is 5.91 Å². The van der Waals surface area contributed by atoms with Crippen LogP contribution in [0.15, 0.2) is 0 Å². The molecule has 5 aliphatic carbocycles. The van der Waals surface area contributed by atoms with Crippen LogP contribution in [-0.4, -0.2) is 17.8 Å². The van der Waals surface area contributed by atoms with Crippen LogP contribution in [0.25, 0.3) is 0 Å². The number of amides is 1. The number of carbonyl (C=O) groups excluding carboxylic acids is 1. The third-order valence-corrected chi connectivity index (χ3v) is 6.84. The van der Waals surface area contributed by atoms with Crippen molar-refractivity contribution in [2.45, 2.75) is 63.2 Å². The first kappa shape index (κ1) is 13.4. The van der Waals surface area contributed by atoms with Crippen LogP contribution in [0.4, 0.5) is 0 Å². The molecule has 5 rings (SSSR count). The molecule has 5 fully saturated rings. The van der Waals surface area contributed by atoms with Crippen LogP contribution in [-0.2, 0) is 4.79 Å². The van der Waals surface area contributed by atoms with Crippen molar-refractivity contribution in [1.29, 1.82) is 0 Å². The Kier molecular flexibility index (Phi) is 3.29. The first-order valence-corrected chi connectivity index (χ1v) is 8.96. The van der Waals surface area contributed by atoms with Crippen LogP contribution in [0.3, 0.4) is 0 Å². The van der Waals surface area contributed by atoms with Crippen LogP contribution in [0, 0.1) is 29.1 Å². The molecule has 4 bridgehead atoms. The Morgan fingerprint density at radius 2 is 1.65 bits per heavy atom. The molecule has 5 aliphatic rings. The van der Waals surface area contributed by atoms with E-state index in [9.17, 15) is 4.79 Å². The summed E-state index contributed by atoms with van der Waals surface area (Å²) in [6, 6.07) is 0.